The van der Waals surface area contributed by atoms with Gasteiger partial charge in [0.05, 0.1) is 17.6 Å². The molecule has 1 aromatic carbocycles. The smallest absolute Gasteiger partial charge is 0.341 e. The Morgan fingerprint density at radius 1 is 1.08 bits per heavy atom. The highest BCUT2D eigenvalue weighted by Gasteiger charge is 2.26. The number of thiophene rings is 1. The zero-order chi connectivity index (χ0) is 19.4. The molecule has 2 amide bonds. The van der Waals surface area contributed by atoms with Crippen molar-refractivity contribution in [1.29, 1.82) is 0 Å². The number of ether oxygens (including phenoxy) is 1. The summed E-state index contributed by atoms with van der Waals surface area (Å²) in [4.78, 5) is 36.7. The molecule has 0 aliphatic carbocycles. The predicted molar refractivity (Wildman–Crippen MR) is 104 cm³/mol. The normalized spacial score (nSPS) is 10.3. The van der Waals surface area contributed by atoms with Gasteiger partial charge in [-0.1, -0.05) is 6.07 Å². The van der Waals surface area contributed by atoms with Gasteiger partial charge in [-0.2, -0.15) is 0 Å². The number of rotatable bonds is 5. The molecule has 0 fully saturated rings. The van der Waals surface area contributed by atoms with Gasteiger partial charge in [0.1, 0.15) is 10.9 Å². The van der Waals surface area contributed by atoms with Crippen molar-refractivity contribution in [2.24, 2.45) is 0 Å². The second kappa shape index (κ2) is 8.33. The summed E-state index contributed by atoms with van der Waals surface area (Å²) in [6.07, 6.45) is 0. The molecule has 2 rings (SSSR count). The van der Waals surface area contributed by atoms with Crippen LogP contribution in [-0.2, 0) is 9.53 Å². The van der Waals surface area contributed by atoms with E-state index in [1.165, 1.54) is 7.11 Å². The molecule has 1 heterocycles. The fraction of sp³-hybridized carbons (Fsp3) is 0.278. The molecule has 6 nitrogen and oxygen atoms in total. The van der Waals surface area contributed by atoms with Crippen LogP contribution in [0.15, 0.2) is 18.2 Å². The maximum absolute atomic E-state index is 12.7. The van der Waals surface area contributed by atoms with Crippen molar-refractivity contribution in [2.45, 2.75) is 20.8 Å². The Hall–Kier alpha value is -2.38. The van der Waals surface area contributed by atoms with Gasteiger partial charge in [-0.25, -0.2) is 4.79 Å². The molecule has 0 radical (unpaired) electrons. The fourth-order valence-electron chi connectivity index (χ4n) is 2.56. The van der Waals surface area contributed by atoms with Gasteiger partial charge in [0, 0.05) is 5.69 Å². The quantitative estimate of drug-likeness (QED) is 0.595. The molecule has 2 aromatic rings. The van der Waals surface area contributed by atoms with E-state index in [9.17, 15) is 14.4 Å². The summed E-state index contributed by atoms with van der Waals surface area (Å²) in [5.41, 5.74) is 3.29. The number of halogens is 1. The molecule has 0 unspecified atom stereocenters. The fourth-order valence-corrected chi connectivity index (χ4v) is 3.73. The lowest BCUT2D eigenvalue weighted by atomic mass is 10.1. The van der Waals surface area contributed by atoms with E-state index < -0.39 is 11.9 Å². The zero-order valence-electron chi connectivity index (χ0n) is 14.9. The third-order valence-electron chi connectivity index (χ3n) is 3.60. The monoisotopic (exact) mass is 394 g/mol. The van der Waals surface area contributed by atoms with Crippen LogP contribution < -0.4 is 10.6 Å². The molecular formula is C18H19ClN2O4S. The van der Waals surface area contributed by atoms with Gasteiger partial charge in [-0.3, -0.25) is 9.59 Å². The number of carbonyl (C=O) groups is 3. The first-order chi connectivity index (χ1) is 12.3. The van der Waals surface area contributed by atoms with Crippen LogP contribution in [0.5, 0.6) is 0 Å². The number of hydrogen-bond acceptors (Lipinski definition) is 5. The molecule has 0 saturated carbocycles. The molecule has 0 atom stereocenters. The molecule has 0 bridgehead atoms. The van der Waals surface area contributed by atoms with Crippen LogP contribution in [0, 0.1) is 20.8 Å². The van der Waals surface area contributed by atoms with Gasteiger partial charge < -0.3 is 15.4 Å². The SMILES string of the molecule is COC(=O)c1c(NC(=O)CCl)sc(C(=O)Nc2cc(C)cc(C)c2)c1C. The number of nitrogens with one attached hydrogen (secondary N) is 2. The molecule has 8 heteroatoms. The lowest BCUT2D eigenvalue weighted by Gasteiger charge is -2.07. The van der Waals surface area contributed by atoms with E-state index in [1.54, 1.807) is 6.92 Å². The molecule has 26 heavy (non-hydrogen) atoms. The van der Waals surface area contributed by atoms with Gasteiger partial charge in [0.25, 0.3) is 5.91 Å². The summed E-state index contributed by atoms with van der Waals surface area (Å²) < 4.78 is 4.77. The summed E-state index contributed by atoms with van der Waals surface area (Å²) >= 11 is 6.52. The number of aryl methyl sites for hydroxylation is 2. The number of methoxy groups -OCH3 is 1. The van der Waals surface area contributed by atoms with Crippen molar-refractivity contribution < 1.29 is 19.1 Å². The van der Waals surface area contributed by atoms with Crippen LogP contribution in [0.25, 0.3) is 0 Å². The highest BCUT2D eigenvalue weighted by Crippen LogP contribution is 2.34. The van der Waals surface area contributed by atoms with Gasteiger partial charge in [0.2, 0.25) is 5.91 Å². The van der Waals surface area contributed by atoms with Crippen LogP contribution in [-0.4, -0.2) is 30.8 Å². The molecule has 0 spiro atoms. The van der Waals surface area contributed by atoms with Gasteiger partial charge in [-0.15, -0.1) is 22.9 Å². The molecular weight excluding hydrogens is 376 g/mol. The highest BCUT2D eigenvalue weighted by atomic mass is 35.5. The molecule has 0 aliphatic rings. The van der Waals surface area contributed by atoms with Gasteiger partial charge in [0.15, 0.2) is 0 Å². The third kappa shape index (κ3) is 4.42. The van der Waals surface area contributed by atoms with E-state index in [-0.39, 0.29) is 22.4 Å². The van der Waals surface area contributed by atoms with Crippen molar-refractivity contribution in [1.82, 2.24) is 0 Å². The first-order valence-electron chi connectivity index (χ1n) is 7.74. The Balaban J connectivity index is 2.40. The highest BCUT2D eigenvalue weighted by molar-refractivity contribution is 7.19. The Labute approximate surface area is 160 Å². The average Bonchev–Trinajstić information content (AvgIpc) is 2.89. The van der Waals surface area contributed by atoms with Gasteiger partial charge >= 0.3 is 5.97 Å². The summed E-state index contributed by atoms with van der Waals surface area (Å²) in [5, 5.41) is 5.61. The van der Waals surface area contributed by atoms with E-state index in [2.05, 4.69) is 10.6 Å². The number of anilines is 2. The van der Waals surface area contributed by atoms with Crippen molar-refractivity contribution in [2.75, 3.05) is 23.6 Å². The minimum atomic E-state index is -0.630. The van der Waals surface area contributed by atoms with Crippen molar-refractivity contribution in [3.05, 3.63) is 45.3 Å². The third-order valence-corrected chi connectivity index (χ3v) is 5.05. The lowest BCUT2D eigenvalue weighted by molar-refractivity contribution is -0.113. The number of benzene rings is 1. The first-order valence-corrected chi connectivity index (χ1v) is 9.09. The van der Waals surface area contributed by atoms with Crippen molar-refractivity contribution >= 4 is 51.4 Å². The molecule has 1 aromatic heterocycles. The number of hydrogen-bond donors (Lipinski definition) is 2. The van der Waals surface area contributed by atoms with Crippen molar-refractivity contribution in [3.63, 3.8) is 0 Å². The zero-order valence-corrected chi connectivity index (χ0v) is 16.4. The van der Waals surface area contributed by atoms with Crippen LogP contribution in [0.1, 0.15) is 36.7 Å². The van der Waals surface area contributed by atoms with E-state index in [0.29, 0.717) is 16.1 Å². The van der Waals surface area contributed by atoms with Crippen LogP contribution >= 0.6 is 22.9 Å². The summed E-state index contributed by atoms with van der Waals surface area (Å²) in [5.74, 6) is -1.73. The Kier molecular flexibility index (Phi) is 6.39. The van der Waals surface area contributed by atoms with E-state index >= 15 is 0 Å². The number of alkyl halides is 1. The van der Waals surface area contributed by atoms with Crippen LogP contribution in [0.4, 0.5) is 10.7 Å². The standard InChI is InChI=1S/C18H19ClN2O4S/c1-9-5-10(2)7-12(6-9)20-16(23)15-11(3)14(18(24)25-4)17(26-15)21-13(22)8-19/h5-7H,8H2,1-4H3,(H,20,23)(H,21,22). The summed E-state index contributed by atoms with van der Waals surface area (Å²) in [6.45, 7) is 5.51. The molecule has 138 valence electrons. The second-order valence-electron chi connectivity index (χ2n) is 5.76. The second-order valence-corrected chi connectivity index (χ2v) is 7.05. The molecule has 0 aliphatic heterocycles. The predicted octanol–water partition coefficient (Wildman–Crippen LogP) is 3.89. The first kappa shape index (κ1) is 19.9. The maximum Gasteiger partial charge on any atom is 0.341 e. The number of amides is 2. The summed E-state index contributed by atoms with van der Waals surface area (Å²) in [6, 6.07) is 5.71. The topological polar surface area (TPSA) is 84.5 Å². The molecule has 0 saturated heterocycles. The van der Waals surface area contributed by atoms with Crippen LogP contribution in [0.2, 0.25) is 0 Å². The average molecular weight is 395 g/mol. The lowest BCUT2D eigenvalue weighted by Crippen LogP contribution is -2.15. The van der Waals surface area contributed by atoms with Crippen molar-refractivity contribution in [3.8, 4) is 0 Å². The maximum atomic E-state index is 12.7. The van der Waals surface area contributed by atoms with E-state index in [1.807, 2.05) is 32.0 Å². The van der Waals surface area contributed by atoms with Gasteiger partial charge in [-0.05, 0) is 49.6 Å². The Morgan fingerprint density at radius 2 is 1.69 bits per heavy atom. The van der Waals surface area contributed by atoms with E-state index in [4.69, 9.17) is 16.3 Å². The minimum Gasteiger partial charge on any atom is -0.465 e. The Morgan fingerprint density at radius 3 is 2.23 bits per heavy atom. The van der Waals surface area contributed by atoms with Crippen LogP contribution in [0.3, 0.4) is 0 Å². The summed E-state index contributed by atoms with van der Waals surface area (Å²) in [7, 11) is 1.24. The Bertz CT molecular complexity index is 856. The minimum absolute atomic E-state index is 0.154. The number of esters is 1. The number of carbonyl (C=O) groups excluding carboxylic acids is 3. The van der Waals surface area contributed by atoms with E-state index in [0.717, 1.165) is 22.5 Å². The largest absolute Gasteiger partial charge is 0.465 e. The molecule has 2 N–H and O–H groups in total.